The molecule has 0 amide bonds. The molecule has 0 bridgehead atoms. The summed E-state index contributed by atoms with van der Waals surface area (Å²) in [6.07, 6.45) is 6.88. The topological polar surface area (TPSA) is 51.5 Å². The molecule has 0 saturated heterocycles. The number of rotatable bonds is 3. The SMILES string of the molecule is Cc1ccc(-c2cc(C=O)cc(C3=NOC4(CCC4)C3)c2)nc1. The van der Waals surface area contributed by atoms with Crippen molar-refractivity contribution in [2.45, 2.75) is 38.2 Å². The minimum Gasteiger partial charge on any atom is -0.389 e. The molecule has 0 unspecified atom stereocenters. The largest absolute Gasteiger partial charge is 0.389 e. The van der Waals surface area contributed by atoms with Crippen molar-refractivity contribution in [3.05, 3.63) is 53.2 Å². The summed E-state index contributed by atoms with van der Waals surface area (Å²) >= 11 is 0. The van der Waals surface area contributed by atoms with Gasteiger partial charge in [-0.3, -0.25) is 9.78 Å². The molecule has 4 heteroatoms. The number of carbonyl (C=O) groups excluding carboxylic acids is 1. The molecular weight excluding hydrogens is 288 g/mol. The predicted octanol–water partition coefficient (Wildman–Crippen LogP) is 3.92. The molecule has 1 spiro atoms. The van der Waals surface area contributed by atoms with Gasteiger partial charge in [0.15, 0.2) is 0 Å². The first-order valence-corrected chi connectivity index (χ1v) is 7.96. The molecule has 2 aromatic rings. The Morgan fingerprint density at radius 1 is 1.17 bits per heavy atom. The van der Waals surface area contributed by atoms with Gasteiger partial charge in [-0.05, 0) is 56.0 Å². The summed E-state index contributed by atoms with van der Waals surface area (Å²) in [4.78, 5) is 21.4. The first-order valence-electron chi connectivity index (χ1n) is 7.96. The lowest BCUT2D eigenvalue weighted by Gasteiger charge is -2.34. The molecule has 0 radical (unpaired) electrons. The molecular formula is C19H18N2O2. The van der Waals surface area contributed by atoms with E-state index >= 15 is 0 Å². The van der Waals surface area contributed by atoms with Gasteiger partial charge in [0.05, 0.1) is 11.4 Å². The van der Waals surface area contributed by atoms with Gasteiger partial charge in [0.2, 0.25) is 0 Å². The second-order valence-corrected chi connectivity index (χ2v) is 6.52. The van der Waals surface area contributed by atoms with Gasteiger partial charge in [-0.15, -0.1) is 0 Å². The number of carbonyl (C=O) groups is 1. The van der Waals surface area contributed by atoms with Crippen molar-refractivity contribution in [2.75, 3.05) is 0 Å². The fourth-order valence-corrected chi connectivity index (χ4v) is 3.19. The summed E-state index contributed by atoms with van der Waals surface area (Å²) in [5, 5.41) is 4.29. The van der Waals surface area contributed by atoms with E-state index in [-0.39, 0.29) is 5.60 Å². The smallest absolute Gasteiger partial charge is 0.150 e. The molecule has 0 N–H and O–H groups in total. The number of pyridine rings is 1. The highest BCUT2D eigenvalue weighted by Gasteiger charge is 2.44. The molecule has 1 aliphatic carbocycles. The maximum Gasteiger partial charge on any atom is 0.150 e. The van der Waals surface area contributed by atoms with Crippen LogP contribution in [0.25, 0.3) is 11.3 Å². The van der Waals surface area contributed by atoms with Crippen LogP contribution in [0.1, 0.15) is 47.2 Å². The highest BCUT2D eigenvalue weighted by atomic mass is 16.7. The third kappa shape index (κ3) is 2.54. The van der Waals surface area contributed by atoms with Crippen LogP contribution in [0.3, 0.4) is 0 Å². The van der Waals surface area contributed by atoms with Gasteiger partial charge in [-0.2, -0.15) is 0 Å². The van der Waals surface area contributed by atoms with Crippen LogP contribution in [0.4, 0.5) is 0 Å². The first kappa shape index (κ1) is 14.1. The molecule has 116 valence electrons. The molecule has 4 nitrogen and oxygen atoms in total. The van der Waals surface area contributed by atoms with Gasteiger partial charge in [-0.1, -0.05) is 11.2 Å². The number of aromatic nitrogens is 1. The molecule has 1 aliphatic heterocycles. The second kappa shape index (κ2) is 5.30. The lowest BCUT2D eigenvalue weighted by atomic mass is 9.76. The van der Waals surface area contributed by atoms with E-state index in [1.54, 1.807) is 0 Å². The van der Waals surface area contributed by atoms with Crippen molar-refractivity contribution >= 4 is 12.0 Å². The zero-order valence-corrected chi connectivity index (χ0v) is 13.1. The first-order chi connectivity index (χ1) is 11.2. The Kier molecular flexibility index (Phi) is 3.26. The van der Waals surface area contributed by atoms with E-state index in [4.69, 9.17) is 4.84 Å². The standard InChI is InChI=1S/C19H18N2O2/c1-13-3-4-17(20-11-13)15-7-14(12-22)8-16(9-15)18-10-19(23-21-18)5-2-6-19/h3-4,7-9,11-12H,2,5-6,10H2,1H3. The minimum atomic E-state index is -0.0746. The molecule has 23 heavy (non-hydrogen) atoms. The lowest BCUT2D eigenvalue weighted by Crippen LogP contribution is -2.36. The highest BCUT2D eigenvalue weighted by molar-refractivity contribution is 6.03. The molecule has 4 rings (SSSR count). The van der Waals surface area contributed by atoms with Crippen molar-refractivity contribution in [1.82, 2.24) is 4.98 Å². The van der Waals surface area contributed by atoms with E-state index in [1.165, 1.54) is 6.42 Å². The number of oxime groups is 1. The fourth-order valence-electron chi connectivity index (χ4n) is 3.19. The average molecular weight is 306 g/mol. The van der Waals surface area contributed by atoms with Crippen molar-refractivity contribution in [1.29, 1.82) is 0 Å². The van der Waals surface area contributed by atoms with Crippen molar-refractivity contribution in [2.24, 2.45) is 5.16 Å². The summed E-state index contributed by atoms with van der Waals surface area (Å²) in [5.74, 6) is 0. The van der Waals surface area contributed by atoms with Crippen molar-refractivity contribution in [3.63, 3.8) is 0 Å². The molecule has 0 atom stereocenters. The third-order valence-electron chi connectivity index (χ3n) is 4.74. The Bertz CT molecular complexity index is 790. The van der Waals surface area contributed by atoms with Gasteiger partial charge in [0.25, 0.3) is 0 Å². The van der Waals surface area contributed by atoms with Crippen LogP contribution < -0.4 is 0 Å². The maximum absolute atomic E-state index is 11.3. The van der Waals surface area contributed by atoms with Crippen molar-refractivity contribution < 1.29 is 9.63 Å². The maximum atomic E-state index is 11.3. The quantitative estimate of drug-likeness (QED) is 0.808. The summed E-state index contributed by atoms with van der Waals surface area (Å²) in [6.45, 7) is 2.01. The summed E-state index contributed by atoms with van der Waals surface area (Å²) in [6, 6.07) is 9.79. The minimum absolute atomic E-state index is 0.0746. The number of nitrogens with zero attached hydrogens (tertiary/aromatic N) is 2. The van der Waals surface area contributed by atoms with Gasteiger partial charge in [-0.25, -0.2) is 0 Å². The van der Waals surface area contributed by atoms with Crippen LogP contribution in [0.5, 0.6) is 0 Å². The van der Waals surface area contributed by atoms with Gasteiger partial charge >= 0.3 is 0 Å². The number of benzene rings is 1. The summed E-state index contributed by atoms with van der Waals surface area (Å²) in [5.41, 5.74) is 5.35. The molecule has 1 aromatic carbocycles. The number of aldehydes is 1. The third-order valence-corrected chi connectivity index (χ3v) is 4.74. The van der Waals surface area contributed by atoms with E-state index in [0.29, 0.717) is 5.56 Å². The Balaban J connectivity index is 1.71. The predicted molar refractivity (Wildman–Crippen MR) is 88.6 cm³/mol. The van der Waals surface area contributed by atoms with E-state index in [0.717, 1.165) is 53.6 Å². The molecule has 1 saturated carbocycles. The molecule has 2 aliphatic rings. The zero-order valence-electron chi connectivity index (χ0n) is 13.1. The van der Waals surface area contributed by atoms with E-state index in [1.807, 2.05) is 43.5 Å². The molecule has 1 aromatic heterocycles. The summed E-state index contributed by atoms with van der Waals surface area (Å²) < 4.78 is 0. The highest BCUT2D eigenvalue weighted by Crippen LogP contribution is 2.43. The molecule has 2 heterocycles. The fraction of sp³-hybridized carbons (Fsp3) is 0.316. The van der Waals surface area contributed by atoms with E-state index in [2.05, 4.69) is 10.1 Å². The normalized spacial score (nSPS) is 18.2. The second-order valence-electron chi connectivity index (χ2n) is 6.52. The zero-order chi connectivity index (χ0) is 15.9. The van der Waals surface area contributed by atoms with Crippen LogP contribution in [-0.2, 0) is 4.84 Å². The van der Waals surface area contributed by atoms with Gasteiger partial charge in [0.1, 0.15) is 11.9 Å². The number of hydrogen-bond donors (Lipinski definition) is 0. The van der Waals surface area contributed by atoms with Crippen LogP contribution in [0.2, 0.25) is 0 Å². The van der Waals surface area contributed by atoms with Crippen LogP contribution in [-0.4, -0.2) is 22.6 Å². The number of hydrogen-bond acceptors (Lipinski definition) is 4. The average Bonchev–Trinajstić information content (AvgIpc) is 3.01. The lowest BCUT2D eigenvalue weighted by molar-refractivity contribution is -0.0755. The van der Waals surface area contributed by atoms with Gasteiger partial charge in [0, 0.05) is 29.3 Å². The molecule has 1 fully saturated rings. The monoisotopic (exact) mass is 306 g/mol. The summed E-state index contributed by atoms with van der Waals surface area (Å²) in [7, 11) is 0. The Morgan fingerprint density at radius 3 is 2.61 bits per heavy atom. The number of aryl methyl sites for hydroxylation is 1. The van der Waals surface area contributed by atoms with E-state index in [9.17, 15) is 4.79 Å². The van der Waals surface area contributed by atoms with Crippen molar-refractivity contribution in [3.8, 4) is 11.3 Å². The Hall–Kier alpha value is -2.49. The van der Waals surface area contributed by atoms with Gasteiger partial charge < -0.3 is 4.84 Å². The van der Waals surface area contributed by atoms with Crippen LogP contribution in [0.15, 0.2) is 41.7 Å². The Morgan fingerprint density at radius 2 is 2.00 bits per heavy atom. The van der Waals surface area contributed by atoms with Crippen LogP contribution in [0, 0.1) is 6.92 Å². The Labute approximate surface area is 135 Å². The van der Waals surface area contributed by atoms with Crippen LogP contribution >= 0.6 is 0 Å². The van der Waals surface area contributed by atoms with E-state index < -0.39 is 0 Å².